The molecule has 4 nitrogen and oxygen atoms in total. The van der Waals surface area contributed by atoms with E-state index in [4.69, 9.17) is 10.7 Å². The smallest absolute Gasteiger partial charge is 0.130 e. The lowest BCUT2D eigenvalue weighted by molar-refractivity contribution is -0.110. The largest absolute Gasteiger partial charge is 0.388 e. The second-order valence-electron chi connectivity index (χ2n) is 9.66. The van der Waals surface area contributed by atoms with E-state index < -0.39 is 11.5 Å². The van der Waals surface area contributed by atoms with Gasteiger partial charge in [-0.15, -0.1) is 0 Å². The van der Waals surface area contributed by atoms with Crippen LogP contribution >= 0.6 is 0 Å². The summed E-state index contributed by atoms with van der Waals surface area (Å²) < 4.78 is 0. The molecular weight excluding hydrogens is 406 g/mol. The molecule has 0 aliphatic heterocycles. The Morgan fingerprint density at radius 3 is 2.09 bits per heavy atom. The van der Waals surface area contributed by atoms with Crippen molar-refractivity contribution >= 4 is 12.1 Å². The van der Waals surface area contributed by atoms with E-state index >= 15 is 0 Å². The third-order valence-corrected chi connectivity index (χ3v) is 6.06. The number of hydrogen-bond acceptors (Lipinski definition) is 3. The topological polar surface area (TPSA) is 79.2 Å². The van der Waals surface area contributed by atoms with Crippen LogP contribution in [0.3, 0.4) is 0 Å². The van der Waals surface area contributed by atoms with Gasteiger partial charge in [0.05, 0.1) is 28.9 Å². The highest BCUT2D eigenvalue weighted by Crippen LogP contribution is 2.41. The van der Waals surface area contributed by atoms with Crippen LogP contribution in [-0.2, 0) is 15.7 Å². The first-order valence-electron chi connectivity index (χ1n) is 11.1. The van der Waals surface area contributed by atoms with Crippen LogP contribution < -0.4 is 5.73 Å². The highest BCUT2D eigenvalue weighted by atomic mass is 16.1. The van der Waals surface area contributed by atoms with Gasteiger partial charge in [-0.25, -0.2) is 0 Å². The predicted octanol–water partition coefficient (Wildman–Crippen LogP) is 6.10. The number of nitriles is 1. The minimum atomic E-state index is -0.896. The van der Waals surface area contributed by atoms with Crippen molar-refractivity contribution < 1.29 is 4.79 Å². The zero-order valence-electron chi connectivity index (χ0n) is 20.0. The summed E-state index contributed by atoms with van der Waals surface area (Å²) in [7, 11) is 0. The number of aliphatic imine (C=N–C) groups is 1. The van der Waals surface area contributed by atoms with Crippen molar-refractivity contribution in [3.8, 4) is 17.2 Å². The number of rotatable bonds is 6. The average molecular weight is 438 g/mol. The summed E-state index contributed by atoms with van der Waals surface area (Å²) in [5, 5.41) is 9.27. The van der Waals surface area contributed by atoms with Crippen molar-refractivity contribution in [3.63, 3.8) is 0 Å². The Balaban J connectivity index is 2.13. The van der Waals surface area contributed by atoms with Crippen molar-refractivity contribution in [1.29, 1.82) is 5.26 Å². The third kappa shape index (κ3) is 5.21. The lowest BCUT2D eigenvalue weighted by Gasteiger charge is -2.33. The van der Waals surface area contributed by atoms with Crippen LogP contribution in [0.5, 0.6) is 0 Å². The number of carbonyl (C=O) groups is 1. The molecular formula is C29H31N3O. The molecule has 0 radical (unpaired) electrons. The molecule has 0 aliphatic rings. The molecule has 0 heterocycles. The van der Waals surface area contributed by atoms with E-state index in [1.807, 2.05) is 61.5 Å². The van der Waals surface area contributed by atoms with Gasteiger partial charge >= 0.3 is 0 Å². The fourth-order valence-electron chi connectivity index (χ4n) is 4.19. The van der Waals surface area contributed by atoms with Gasteiger partial charge in [-0.05, 0) is 65.3 Å². The zero-order valence-corrected chi connectivity index (χ0v) is 20.0. The fraction of sp³-hybridized carbons (Fsp3) is 0.276. The van der Waals surface area contributed by atoms with Gasteiger partial charge in [-0.1, -0.05) is 75.4 Å². The van der Waals surface area contributed by atoms with Gasteiger partial charge in [-0.2, -0.15) is 5.26 Å². The first-order chi connectivity index (χ1) is 15.6. The second-order valence-corrected chi connectivity index (χ2v) is 9.66. The standard InChI is InChI=1S/C29H31N3O/c1-20(31)32-29(5,27(19-33)22-12-14-25(15-13-22)28(2,3)4)26-11-7-10-24(17-26)23-9-6-8-21(16-23)18-30/h6-17,19,27H,1-5H3,(H2,31,32). The summed E-state index contributed by atoms with van der Waals surface area (Å²) in [6.45, 7) is 10.2. The molecule has 0 saturated heterocycles. The van der Waals surface area contributed by atoms with Gasteiger partial charge in [0, 0.05) is 0 Å². The van der Waals surface area contributed by atoms with Crippen LogP contribution in [-0.4, -0.2) is 12.1 Å². The number of aldehydes is 1. The van der Waals surface area contributed by atoms with E-state index in [0.717, 1.165) is 28.5 Å². The Bertz CT molecular complexity index is 1210. The molecule has 0 aliphatic carbocycles. The monoisotopic (exact) mass is 437 g/mol. The third-order valence-electron chi connectivity index (χ3n) is 6.06. The zero-order chi connectivity index (χ0) is 24.2. The van der Waals surface area contributed by atoms with Crippen LogP contribution in [0.1, 0.15) is 62.8 Å². The van der Waals surface area contributed by atoms with Crippen molar-refractivity contribution in [1.82, 2.24) is 0 Å². The molecule has 2 unspecified atom stereocenters. The highest BCUT2D eigenvalue weighted by molar-refractivity contribution is 5.79. The van der Waals surface area contributed by atoms with Crippen molar-refractivity contribution in [3.05, 3.63) is 95.1 Å². The average Bonchev–Trinajstić information content (AvgIpc) is 2.79. The number of nitrogens with two attached hydrogens (primary N) is 1. The molecule has 0 amide bonds. The maximum Gasteiger partial charge on any atom is 0.130 e. The number of benzene rings is 3. The lowest BCUT2D eigenvalue weighted by atomic mass is 9.75. The molecule has 0 aromatic heterocycles. The molecule has 3 rings (SSSR count). The van der Waals surface area contributed by atoms with Gasteiger partial charge in [0.25, 0.3) is 0 Å². The molecule has 2 atom stereocenters. The maximum atomic E-state index is 12.5. The van der Waals surface area contributed by atoms with E-state index in [0.29, 0.717) is 11.4 Å². The Morgan fingerprint density at radius 1 is 0.939 bits per heavy atom. The number of carbonyl (C=O) groups excluding carboxylic acids is 1. The lowest BCUT2D eigenvalue weighted by Crippen LogP contribution is -2.32. The molecule has 0 bridgehead atoms. The molecule has 0 spiro atoms. The molecule has 0 fully saturated rings. The summed E-state index contributed by atoms with van der Waals surface area (Å²) in [5.74, 6) is -0.113. The maximum absolute atomic E-state index is 12.5. The van der Waals surface area contributed by atoms with Crippen LogP contribution in [0.15, 0.2) is 77.8 Å². The molecule has 33 heavy (non-hydrogen) atoms. The van der Waals surface area contributed by atoms with E-state index in [-0.39, 0.29) is 5.41 Å². The first-order valence-corrected chi connectivity index (χ1v) is 11.1. The fourth-order valence-corrected chi connectivity index (χ4v) is 4.19. The Kier molecular flexibility index (Phi) is 6.84. The van der Waals surface area contributed by atoms with Crippen molar-refractivity contribution in [2.45, 2.75) is 51.5 Å². The van der Waals surface area contributed by atoms with Crippen LogP contribution in [0, 0.1) is 11.3 Å². The summed E-state index contributed by atoms with van der Waals surface area (Å²) in [5.41, 5.74) is 10.6. The Hall–Kier alpha value is -3.71. The Labute approximate surface area is 196 Å². The molecule has 4 heteroatoms. The molecule has 2 N–H and O–H groups in total. The summed E-state index contributed by atoms with van der Waals surface area (Å²) in [6, 6.07) is 25.8. The summed E-state index contributed by atoms with van der Waals surface area (Å²) in [6.07, 6.45) is 0.960. The number of amidine groups is 1. The van der Waals surface area contributed by atoms with Crippen LogP contribution in [0.4, 0.5) is 0 Å². The SMILES string of the molecule is CC(N)=NC(C)(c1cccc(-c2cccc(C#N)c2)c1)C(C=O)c1ccc(C(C)(C)C)cc1. The highest BCUT2D eigenvalue weighted by Gasteiger charge is 2.37. The van der Waals surface area contributed by atoms with Gasteiger partial charge < -0.3 is 10.5 Å². The second kappa shape index (κ2) is 9.42. The minimum Gasteiger partial charge on any atom is -0.388 e. The number of hydrogen-bond donors (Lipinski definition) is 1. The quantitative estimate of drug-likeness (QED) is 0.287. The van der Waals surface area contributed by atoms with E-state index in [2.05, 4.69) is 39.0 Å². The minimum absolute atomic E-state index is 0.0246. The van der Waals surface area contributed by atoms with Crippen molar-refractivity contribution in [2.24, 2.45) is 10.7 Å². The summed E-state index contributed by atoms with van der Waals surface area (Å²) in [4.78, 5) is 17.3. The van der Waals surface area contributed by atoms with Gasteiger partial charge in [0.2, 0.25) is 0 Å². The van der Waals surface area contributed by atoms with Crippen LogP contribution in [0.2, 0.25) is 0 Å². The van der Waals surface area contributed by atoms with Crippen LogP contribution in [0.25, 0.3) is 11.1 Å². The Morgan fingerprint density at radius 2 is 1.55 bits per heavy atom. The normalized spacial score (nSPS) is 14.7. The van der Waals surface area contributed by atoms with E-state index in [1.165, 1.54) is 5.56 Å². The predicted molar refractivity (Wildman–Crippen MR) is 135 cm³/mol. The molecule has 0 saturated carbocycles. The van der Waals surface area contributed by atoms with Gasteiger partial charge in [0.1, 0.15) is 6.29 Å². The van der Waals surface area contributed by atoms with E-state index in [9.17, 15) is 10.1 Å². The number of nitrogens with zero attached hydrogens (tertiary/aromatic N) is 2. The van der Waals surface area contributed by atoms with Crippen molar-refractivity contribution in [2.75, 3.05) is 0 Å². The van der Waals surface area contributed by atoms with Gasteiger partial charge in [-0.3, -0.25) is 4.99 Å². The molecule has 3 aromatic carbocycles. The molecule has 168 valence electrons. The summed E-state index contributed by atoms with van der Waals surface area (Å²) >= 11 is 0. The molecule has 3 aromatic rings. The first kappa shape index (κ1) is 23.9. The van der Waals surface area contributed by atoms with Gasteiger partial charge in [0.15, 0.2) is 0 Å². The van der Waals surface area contributed by atoms with E-state index in [1.54, 1.807) is 13.0 Å².